The number of piperazine rings is 2. The molecule has 164 valence electrons. The van der Waals surface area contributed by atoms with E-state index in [1.165, 1.54) is 12.1 Å². The van der Waals surface area contributed by atoms with E-state index in [0.29, 0.717) is 19.5 Å². The predicted octanol–water partition coefficient (Wildman–Crippen LogP) is 0.411. The number of carbonyl (C=O) groups is 2. The number of hydrogen-bond donors (Lipinski definition) is 2. The fourth-order valence-corrected chi connectivity index (χ4v) is 4.76. The van der Waals surface area contributed by atoms with Crippen LogP contribution in [-0.2, 0) is 16.1 Å². The van der Waals surface area contributed by atoms with Crippen molar-refractivity contribution in [3.05, 3.63) is 35.6 Å². The molecule has 0 aliphatic carbocycles. The lowest BCUT2D eigenvalue weighted by molar-refractivity contribution is -0.133. The van der Waals surface area contributed by atoms with Crippen LogP contribution in [0.5, 0.6) is 0 Å². The zero-order chi connectivity index (χ0) is 21.1. The van der Waals surface area contributed by atoms with Crippen LogP contribution in [0.1, 0.15) is 24.8 Å². The number of nitrogens with one attached hydrogen (secondary N) is 2. The summed E-state index contributed by atoms with van der Waals surface area (Å²) in [7, 11) is 2.08. The van der Waals surface area contributed by atoms with E-state index < -0.39 is 0 Å². The van der Waals surface area contributed by atoms with Crippen LogP contribution in [0.25, 0.3) is 0 Å². The highest BCUT2D eigenvalue weighted by molar-refractivity contribution is 5.83. The number of hydrogen-bond acceptors (Lipinski definition) is 5. The Morgan fingerprint density at radius 3 is 2.67 bits per heavy atom. The molecular formula is C22H32FN5O2. The molecule has 1 aromatic carbocycles. The molecule has 0 unspecified atom stereocenters. The monoisotopic (exact) mass is 417 g/mol. The quantitative estimate of drug-likeness (QED) is 0.702. The van der Waals surface area contributed by atoms with Crippen molar-refractivity contribution in [2.24, 2.45) is 0 Å². The van der Waals surface area contributed by atoms with Gasteiger partial charge < -0.3 is 20.4 Å². The first-order chi connectivity index (χ1) is 14.5. The molecule has 3 aliphatic rings. The molecular weight excluding hydrogens is 385 g/mol. The Bertz CT molecular complexity index is 750. The lowest BCUT2D eigenvalue weighted by Gasteiger charge is -2.38. The minimum Gasteiger partial charge on any atom is -0.353 e. The molecule has 0 aromatic heterocycles. The van der Waals surface area contributed by atoms with Crippen LogP contribution in [0.2, 0.25) is 0 Å². The van der Waals surface area contributed by atoms with Gasteiger partial charge in [0.1, 0.15) is 5.82 Å². The molecule has 3 fully saturated rings. The van der Waals surface area contributed by atoms with Crippen molar-refractivity contribution in [3.8, 4) is 0 Å². The average Bonchev–Trinajstić information content (AvgIpc) is 3.18. The van der Waals surface area contributed by atoms with Crippen LogP contribution in [0, 0.1) is 5.82 Å². The highest BCUT2D eigenvalue weighted by Gasteiger charge is 2.43. The van der Waals surface area contributed by atoms with Crippen LogP contribution < -0.4 is 10.6 Å². The second kappa shape index (κ2) is 9.41. The molecule has 0 radical (unpaired) electrons. The van der Waals surface area contributed by atoms with Gasteiger partial charge in [-0.2, -0.15) is 0 Å². The molecule has 4 rings (SSSR count). The summed E-state index contributed by atoms with van der Waals surface area (Å²) in [5.74, 6) is 0.0758. The average molecular weight is 418 g/mol. The van der Waals surface area contributed by atoms with E-state index in [1.54, 1.807) is 12.1 Å². The third-order valence-electron chi connectivity index (χ3n) is 6.68. The van der Waals surface area contributed by atoms with Crippen molar-refractivity contribution in [1.29, 1.82) is 0 Å². The molecule has 3 atom stereocenters. The molecule has 30 heavy (non-hydrogen) atoms. The third kappa shape index (κ3) is 4.99. The Balaban J connectivity index is 1.28. The van der Waals surface area contributed by atoms with E-state index in [1.807, 2.05) is 4.90 Å². The predicted molar refractivity (Wildman–Crippen MR) is 112 cm³/mol. The van der Waals surface area contributed by atoms with Gasteiger partial charge in [-0.25, -0.2) is 4.39 Å². The summed E-state index contributed by atoms with van der Waals surface area (Å²) in [5, 5.41) is 6.54. The van der Waals surface area contributed by atoms with Crippen molar-refractivity contribution in [1.82, 2.24) is 25.3 Å². The molecule has 0 spiro atoms. The summed E-state index contributed by atoms with van der Waals surface area (Å²) in [4.78, 5) is 31.5. The second-order valence-corrected chi connectivity index (χ2v) is 8.77. The lowest BCUT2D eigenvalue weighted by atomic mass is 10.0. The molecule has 8 heteroatoms. The first-order valence-electron chi connectivity index (χ1n) is 11.0. The minimum absolute atomic E-state index is 0.0859. The largest absolute Gasteiger partial charge is 0.353 e. The van der Waals surface area contributed by atoms with Gasteiger partial charge in [0.25, 0.3) is 0 Å². The standard InChI is InChI=1S/C22H32FN5O2/c1-26-8-10-27(11-9-26)21(29)7-6-19-14-25-22(30)20-12-18(15-28(19)20)24-13-16-2-4-17(23)5-3-16/h2-5,18-20,24H,6-15H2,1H3,(H,25,30)/t18-,19-,20+/m0/s1. The van der Waals surface area contributed by atoms with E-state index in [2.05, 4.69) is 27.5 Å². The SMILES string of the molecule is CN1CCN(C(=O)CC[C@H]2CNC(=O)[C@H]3C[C@H](NCc4ccc(F)cc4)CN23)CC1. The summed E-state index contributed by atoms with van der Waals surface area (Å²) >= 11 is 0. The van der Waals surface area contributed by atoms with Gasteiger partial charge >= 0.3 is 0 Å². The first kappa shape index (κ1) is 21.2. The third-order valence-corrected chi connectivity index (χ3v) is 6.68. The van der Waals surface area contributed by atoms with Gasteiger partial charge in [-0.15, -0.1) is 0 Å². The fourth-order valence-electron chi connectivity index (χ4n) is 4.76. The van der Waals surface area contributed by atoms with Gasteiger partial charge in [0.05, 0.1) is 6.04 Å². The highest BCUT2D eigenvalue weighted by atomic mass is 19.1. The number of carbonyl (C=O) groups excluding carboxylic acids is 2. The normalized spacial score (nSPS) is 27.7. The lowest BCUT2D eigenvalue weighted by Crippen LogP contribution is -2.58. The highest BCUT2D eigenvalue weighted by Crippen LogP contribution is 2.26. The number of fused-ring (bicyclic) bond motifs is 1. The van der Waals surface area contributed by atoms with Gasteiger partial charge in [-0.1, -0.05) is 12.1 Å². The van der Waals surface area contributed by atoms with Crippen molar-refractivity contribution in [3.63, 3.8) is 0 Å². The Hall–Kier alpha value is -2.03. The van der Waals surface area contributed by atoms with E-state index >= 15 is 0 Å². The maximum atomic E-state index is 13.1. The summed E-state index contributed by atoms with van der Waals surface area (Å²) < 4.78 is 13.1. The zero-order valence-corrected chi connectivity index (χ0v) is 17.6. The van der Waals surface area contributed by atoms with Crippen LogP contribution in [0.15, 0.2) is 24.3 Å². The summed E-state index contributed by atoms with van der Waals surface area (Å²) in [6, 6.07) is 6.77. The van der Waals surface area contributed by atoms with Crippen molar-refractivity contribution in [2.45, 2.75) is 43.9 Å². The van der Waals surface area contributed by atoms with E-state index in [0.717, 1.165) is 51.1 Å². The summed E-state index contributed by atoms with van der Waals surface area (Å²) in [6.45, 7) is 5.53. The maximum Gasteiger partial charge on any atom is 0.237 e. The van der Waals surface area contributed by atoms with Crippen LogP contribution in [-0.4, -0.2) is 91.0 Å². The number of halogens is 1. The zero-order valence-electron chi connectivity index (χ0n) is 17.6. The second-order valence-electron chi connectivity index (χ2n) is 8.77. The maximum absolute atomic E-state index is 13.1. The molecule has 1 aromatic rings. The van der Waals surface area contributed by atoms with E-state index in [4.69, 9.17) is 0 Å². The summed E-state index contributed by atoms with van der Waals surface area (Å²) in [6.07, 6.45) is 2.06. The Kier molecular flexibility index (Phi) is 6.65. The number of likely N-dealkylation sites (N-methyl/N-ethyl adjacent to an activating group) is 1. The van der Waals surface area contributed by atoms with E-state index in [-0.39, 0.29) is 35.8 Å². The molecule has 3 heterocycles. The Labute approximate surface area is 177 Å². The molecule has 2 N–H and O–H groups in total. The topological polar surface area (TPSA) is 67.9 Å². The minimum atomic E-state index is -0.234. The van der Waals surface area contributed by atoms with Gasteiger partial charge in [0.15, 0.2) is 0 Å². The number of amides is 2. The Morgan fingerprint density at radius 2 is 1.93 bits per heavy atom. The van der Waals surface area contributed by atoms with Crippen molar-refractivity contribution in [2.75, 3.05) is 46.3 Å². The van der Waals surface area contributed by atoms with Crippen LogP contribution in [0.3, 0.4) is 0 Å². The molecule has 0 saturated carbocycles. The number of nitrogens with zero attached hydrogens (tertiary/aromatic N) is 3. The molecule has 3 saturated heterocycles. The molecule has 7 nitrogen and oxygen atoms in total. The van der Waals surface area contributed by atoms with E-state index in [9.17, 15) is 14.0 Å². The van der Waals surface area contributed by atoms with Crippen molar-refractivity contribution >= 4 is 11.8 Å². The van der Waals surface area contributed by atoms with Crippen LogP contribution >= 0.6 is 0 Å². The fraction of sp³-hybridized carbons (Fsp3) is 0.636. The first-order valence-corrected chi connectivity index (χ1v) is 11.0. The number of benzene rings is 1. The van der Waals surface area contributed by atoms with Gasteiger partial charge in [-0.05, 0) is 37.6 Å². The molecule has 3 aliphatic heterocycles. The molecule has 2 amide bonds. The van der Waals surface area contributed by atoms with Gasteiger partial charge in [-0.3, -0.25) is 14.5 Å². The van der Waals surface area contributed by atoms with Crippen molar-refractivity contribution < 1.29 is 14.0 Å². The van der Waals surface area contributed by atoms with Gasteiger partial charge in [0.2, 0.25) is 11.8 Å². The smallest absolute Gasteiger partial charge is 0.237 e. The van der Waals surface area contributed by atoms with Gasteiger partial charge in [0, 0.05) is 64.3 Å². The summed E-state index contributed by atoms with van der Waals surface area (Å²) in [5.41, 5.74) is 1.03. The van der Waals surface area contributed by atoms with Crippen LogP contribution in [0.4, 0.5) is 4.39 Å². The number of rotatable bonds is 6. The molecule has 0 bridgehead atoms. The Morgan fingerprint density at radius 1 is 1.20 bits per heavy atom.